The quantitative estimate of drug-likeness (QED) is 0.551. The number of hydrogen-bond donors (Lipinski definition) is 0. The molecule has 0 spiro atoms. The first-order valence-electron chi connectivity index (χ1n) is 3.38. The van der Waals surface area contributed by atoms with Crippen molar-refractivity contribution in [2.24, 2.45) is 7.05 Å². The lowest BCUT2D eigenvalue weighted by atomic mass is 10.5. The van der Waals surface area contributed by atoms with E-state index in [0.29, 0.717) is 0 Å². The topological polar surface area (TPSA) is 43.6 Å². The van der Waals surface area contributed by atoms with Crippen LogP contribution in [-0.2, 0) is 7.05 Å². The molecule has 0 aliphatic heterocycles. The normalized spacial score (nSPS) is 10.7. The first-order chi connectivity index (χ1) is 5.29. The molecule has 56 valence electrons. The summed E-state index contributed by atoms with van der Waals surface area (Å²) in [5, 5.41) is 0. The Balaban J connectivity index is 2.92. The fourth-order valence-electron chi connectivity index (χ4n) is 1.04. The SMILES string of the molecule is Cc1nc2ncncc2n1C. The minimum absolute atomic E-state index is 0.764. The van der Waals surface area contributed by atoms with Crippen molar-refractivity contribution in [2.75, 3.05) is 0 Å². The molecule has 4 heteroatoms. The lowest BCUT2D eigenvalue weighted by Crippen LogP contribution is -1.90. The van der Waals surface area contributed by atoms with E-state index in [1.54, 1.807) is 6.20 Å². The Kier molecular flexibility index (Phi) is 1.15. The maximum atomic E-state index is 4.22. The standard InChI is InChI=1S/C7H8N4/c1-5-10-7-6(11(5)2)3-8-4-9-7/h3-4H,1-2H3. The zero-order valence-corrected chi connectivity index (χ0v) is 6.44. The minimum atomic E-state index is 0.764. The highest BCUT2D eigenvalue weighted by Crippen LogP contribution is 2.08. The molecule has 0 saturated heterocycles. The van der Waals surface area contributed by atoms with Crippen LogP contribution >= 0.6 is 0 Å². The smallest absolute Gasteiger partial charge is 0.180 e. The molecule has 2 heterocycles. The molecule has 0 N–H and O–H groups in total. The summed E-state index contributed by atoms with van der Waals surface area (Å²) < 4.78 is 1.97. The Hall–Kier alpha value is -1.45. The van der Waals surface area contributed by atoms with Gasteiger partial charge in [0, 0.05) is 7.05 Å². The molecule has 0 aliphatic carbocycles. The van der Waals surface area contributed by atoms with Crippen LogP contribution in [0.25, 0.3) is 11.2 Å². The highest BCUT2D eigenvalue weighted by molar-refractivity contribution is 5.69. The van der Waals surface area contributed by atoms with Gasteiger partial charge in [0.1, 0.15) is 17.7 Å². The van der Waals surface area contributed by atoms with Crippen molar-refractivity contribution in [3.8, 4) is 0 Å². The summed E-state index contributed by atoms with van der Waals surface area (Å²) in [6, 6.07) is 0. The molecular weight excluding hydrogens is 140 g/mol. The summed E-state index contributed by atoms with van der Waals surface area (Å²) >= 11 is 0. The van der Waals surface area contributed by atoms with Crippen LogP contribution in [0.15, 0.2) is 12.5 Å². The van der Waals surface area contributed by atoms with Crippen molar-refractivity contribution in [1.82, 2.24) is 19.5 Å². The van der Waals surface area contributed by atoms with Gasteiger partial charge in [-0.2, -0.15) is 0 Å². The Morgan fingerprint density at radius 1 is 1.45 bits per heavy atom. The van der Waals surface area contributed by atoms with Gasteiger partial charge in [0.15, 0.2) is 5.65 Å². The number of imidazole rings is 1. The van der Waals surface area contributed by atoms with Crippen LogP contribution in [0.3, 0.4) is 0 Å². The Morgan fingerprint density at radius 2 is 2.27 bits per heavy atom. The van der Waals surface area contributed by atoms with E-state index in [0.717, 1.165) is 17.0 Å². The molecule has 0 amide bonds. The maximum Gasteiger partial charge on any atom is 0.180 e. The van der Waals surface area contributed by atoms with E-state index < -0.39 is 0 Å². The molecule has 2 aromatic rings. The number of aromatic nitrogens is 4. The third-order valence-corrected chi connectivity index (χ3v) is 1.79. The number of nitrogens with zero attached hydrogens (tertiary/aromatic N) is 4. The van der Waals surface area contributed by atoms with Gasteiger partial charge in [0.25, 0.3) is 0 Å². The van der Waals surface area contributed by atoms with Crippen molar-refractivity contribution in [1.29, 1.82) is 0 Å². The summed E-state index contributed by atoms with van der Waals surface area (Å²) in [5.41, 5.74) is 1.74. The molecule has 4 nitrogen and oxygen atoms in total. The first-order valence-corrected chi connectivity index (χ1v) is 3.38. The van der Waals surface area contributed by atoms with Gasteiger partial charge in [0.05, 0.1) is 6.20 Å². The lowest BCUT2D eigenvalue weighted by Gasteiger charge is -1.92. The average molecular weight is 148 g/mol. The van der Waals surface area contributed by atoms with Crippen molar-refractivity contribution in [3.63, 3.8) is 0 Å². The molecule has 2 aromatic heterocycles. The van der Waals surface area contributed by atoms with Crippen LogP contribution in [0.5, 0.6) is 0 Å². The Bertz CT molecular complexity index is 390. The molecule has 0 unspecified atom stereocenters. The van der Waals surface area contributed by atoms with Crippen LogP contribution in [0.2, 0.25) is 0 Å². The third kappa shape index (κ3) is 0.790. The summed E-state index contributed by atoms with van der Waals surface area (Å²) in [6.07, 6.45) is 3.27. The van der Waals surface area contributed by atoms with Crippen molar-refractivity contribution in [3.05, 3.63) is 18.3 Å². The van der Waals surface area contributed by atoms with Crippen LogP contribution in [0.1, 0.15) is 5.82 Å². The van der Waals surface area contributed by atoms with Gasteiger partial charge >= 0.3 is 0 Å². The second-order valence-electron chi connectivity index (χ2n) is 2.45. The van der Waals surface area contributed by atoms with E-state index >= 15 is 0 Å². The van der Waals surface area contributed by atoms with E-state index in [1.807, 2.05) is 18.5 Å². The molecule has 0 radical (unpaired) electrons. The van der Waals surface area contributed by atoms with Crippen LogP contribution in [0, 0.1) is 6.92 Å². The molecule has 0 aliphatic rings. The minimum Gasteiger partial charge on any atom is -0.329 e. The maximum absolute atomic E-state index is 4.22. The molecule has 0 saturated carbocycles. The van der Waals surface area contributed by atoms with Crippen molar-refractivity contribution < 1.29 is 0 Å². The van der Waals surface area contributed by atoms with Gasteiger partial charge in [0.2, 0.25) is 0 Å². The fraction of sp³-hybridized carbons (Fsp3) is 0.286. The molecular formula is C7H8N4. The molecule has 2 rings (SSSR count). The van der Waals surface area contributed by atoms with E-state index in [2.05, 4.69) is 15.0 Å². The molecule has 0 atom stereocenters. The van der Waals surface area contributed by atoms with Gasteiger partial charge in [-0.15, -0.1) is 0 Å². The number of aryl methyl sites for hydroxylation is 2. The third-order valence-electron chi connectivity index (χ3n) is 1.79. The summed E-state index contributed by atoms with van der Waals surface area (Å²) in [4.78, 5) is 12.2. The number of hydrogen-bond acceptors (Lipinski definition) is 3. The summed E-state index contributed by atoms with van der Waals surface area (Å²) in [7, 11) is 1.95. The van der Waals surface area contributed by atoms with E-state index in [1.165, 1.54) is 6.33 Å². The molecule has 0 aromatic carbocycles. The molecule has 0 bridgehead atoms. The van der Waals surface area contributed by atoms with E-state index in [-0.39, 0.29) is 0 Å². The van der Waals surface area contributed by atoms with Gasteiger partial charge in [-0.3, -0.25) is 0 Å². The van der Waals surface area contributed by atoms with Crippen LogP contribution in [-0.4, -0.2) is 19.5 Å². The number of rotatable bonds is 0. The molecule has 11 heavy (non-hydrogen) atoms. The first kappa shape index (κ1) is 6.27. The van der Waals surface area contributed by atoms with Gasteiger partial charge in [-0.05, 0) is 6.92 Å². The largest absolute Gasteiger partial charge is 0.329 e. The van der Waals surface area contributed by atoms with Crippen molar-refractivity contribution in [2.45, 2.75) is 6.92 Å². The fourth-order valence-corrected chi connectivity index (χ4v) is 1.04. The van der Waals surface area contributed by atoms with Gasteiger partial charge < -0.3 is 4.57 Å². The lowest BCUT2D eigenvalue weighted by molar-refractivity contribution is 0.884. The predicted octanol–water partition coefficient (Wildman–Crippen LogP) is 0.672. The van der Waals surface area contributed by atoms with Crippen molar-refractivity contribution >= 4 is 11.2 Å². The molecule has 0 fully saturated rings. The summed E-state index contributed by atoms with van der Waals surface area (Å²) in [6.45, 7) is 1.95. The van der Waals surface area contributed by atoms with Gasteiger partial charge in [-0.1, -0.05) is 0 Å². The highest BCUT2D eigenvalue weighted by atomic mass is 15.1. The zero-order valence-electron chi connectivity index (χ0n) is 6.44. The van der Waals surface area contributed by atoms with E-state index in [9.17, 15) is 0 Å². The second kappa shape index (κ2) is 2.02. The van der Waals surface area contributed by atoms with Crippen LogP contribution < -0.4 is 0 Å². The Morgan fingerprint density at radius 3 is 3.00 bits per heavy atom. The number of fused-ring (bicyclic) bond motifs is 1. The summed E-state index contributed by atoms with van der Waals surface area (Å²) in [5.74, 6) is 0.959. The monoisotopic (exact) mass is 148 g/mol. The zero-order chi connectivity index (χ0) is 7.84. The predicted molar refractivity (Wildman–Crippen MR) is 41.0 cm³/mol. The Labute approximate surface area is 63.9 Å². The van der Waals surface area contributed by atoms with Crippen LogP contribution in [0.4, 0.5) is 0 Å². The highest BCUT2D eigenvalue weighted by Gasteiger charge is 2.02. The average Bonchev–Trinajstić information content (AvgIpc) is 2.30. The van der Waals surface area contributed by atoms with Gasteiger partial charge in [-0.25, -0.2) is 15.0 Å². The van der Waals surface area contributed by atoms with E-state index in [4.69, 9.17) is 0 Å². The second-order valence-corrected chi connectivity index (χ2v) is 2.45.